The maximum absolute atomic E-state index is 6.02. The average molecular weight is 220 g/mol. The Kier molecular flexibility index (Phi) is 3.08. The zero-order valence-electron chi connectivity index (χ0n) is 10.2. The van der Waals surface area contributed by atoms with Gasteiger partial charge in [0.15, 0.2) is 11.5 Å². The average Bonchev–Trinajstić information content (AvgIpc) is 2.27. The molecule has 1 heterocycles. The highest BCUT2D eigenvalue weighted by atomic mass is 16.6. The highest BCUT2D eigenvalue weighted by molar-refractivity contribution is 5.35. The molecule has 0 aromatic carbocycles. The summed E-state index contributed by atoms with van der Waals surface area (Å²) in [4.78, 5) is 0. The second-order valence-corrected chi connectivity index (χ2v) is 4.82. The lowest BCUT2D eigenvalue weighted by Gasteiger charge is -2.38. The van der Waals surface area contributed by atoms with E-state index in [-0.39, 0.29) is 12.2 Å². The Hall–Kier alpha value is -1.18. The van der Waals surface area contributed by atoms with Crippen molar-refractivity contribution in [3.8, 4) is 0 Å². The van der Waals surface area contributed by atoms with Crippen LogP contribution in [-0.4, -0.2) is 12.2 Å². The molecule has 0 radical (unpaired) electrons. The third-order valence-electron chi connectivity index (χ3n) is 3.16. The predicted octanol–water partition coefficient (Wildman–Crippen LogP) is 3.71. The highest BCUT2D eigenvalue weighted by Crippen LogP contribution is 2.36. The quantitative estimate of drug-likeness (QED) is 0.706. The van der Waals surface area contributed by atoms with E-state index in [9.17, 15) is 0 Å². The van der Waals surface area contributed by atoms with Crippen LogP contribution in [0.25, 0.3) is 0 Å². The molecule has 0 saturated heterocycles. The van der Waals surface area contributed by atoms with Crippen LogP contribution in [0.2, 0.25) is 0 Å². The van der Waals surface area contributed by atoms with Gasteiger partial charge in [0.2, 0.25) is 0 Å². The van der Waals surface area contributed by atoms with Gasteiger partial charge in [-0.1, -0.05) is 13.2 Å². The molecule has 2 nitrogen and oxygen atoms in total. The molecule has 2 heteroatoms. The van der Waals surface area contributed by atoms with E-state index < -0.39 is 0 Å². The minimum atomic E-state index is 0.212. The van der Waals surface area contributed by atoms with Crippen molar-refractivity contribution in [1.29, 1.82) is 0 Å². The highest BCUT2D eigenvalue weighted by Gasteiger charge is 2.35. The van der Waals surface area contributed by atoms with Crippen molar-refractivity contribution >= 4 is 0 Å². The van der Waals surface area contributed by atoms with E-state index in [0.717, 1.165) is 35.5 Å². The van der Waals surface area contributed by atoms with Crippen molar-refractivity contribution in [3.05, 3.63) is 35.8 Å². The molecule has 2 aliphatic rings. The molecule has 2 unspecified atom stereocenters. The molecule has 88 valence electrons. The van der Waals surface area contributed by atoms with Crippen LogP contribution in [-0.2, 0) is 9.47 Å². The van der Waals surface area contributed by atoms with E-state index in [1.165, 1.54) is 12.8 Å². The van der Waals surface area contributed by atoms with Gasteiger partial charge in [-0.3, -0.25) is 0 Å². The van der Waals surface area contributed by atoms with Crippen LogP contribution in [0, 0.1) is 0 Å². The summed E-state index contributed by atoms with van der Waals surface area (Å²) >= 11 is 0. The van der Waals surface area contributed by atoms with Crippen LogP contribution < -0.4 is 0 Å². The van der Waals surface area contributed by atoms with Crippen molar-refractivity contribution < 1.29 is 9.47 Å². The van der Waals surface area contributed by atoms with Gasteiger partial charge in [-0.15, -0.1) is 0 Å². The molecule has 1 aliphatic heterocycles. The second kappa shape index (κ2) is 4.36. The van der Waals surface area contributed by atoms with Gasteiger partial charge in [0.1, 0.15) is 12.2 Å². The standard InChI is InChI=1S/C14H20O2/c1-9(2)13-14(10(3)4)16-12-8-6-5-7-11(12)15-13/h11-12H,1,3,5-8H2,2,4H3. The minimum absolute atomic E-state index is 0.212. The van der Waals surface area contributed by atoms with E-state index in [1.54, 1.807) is 0 Å². The van der Waals surface area contributed by atoms with Crippen LogP contribution in [0.1, 0.15) is 39.5 Å². The molecule has 1 fully saturated rings. The lowest BCUT2D eigenvalue weighted by Crippen LogP contribution is -2.38. The third-order valence-corrected chi connectivity index (χ3v) is 3.16. The molecule has 0 N–H and O–H groups in total. The van der Waals surface area contributed by atoms with Crippen LogP contribution in [0.5, 0.6) is 0 Å². The first-order valence-electron chi connectivity index (χ1n) is 5.99. The number of hydrogen-bond donors (Lipinski definition) is 0. The van der Waals surface area contributed by atoms with E-state index in [1.807, 2.05) is 13.8 Å². The Bertz CT molecular complexity index is 318. The van der Waals surface area contributed by atoms with Crippen LogP contribution >= 0.6 is 0 Å². The summed E-state index contributed by atoms with van der Waals surface area (Å²) in [6.45, 7) is 11.8. The molecule has 0 aromatic rings. The van der Waals surface area contributed by atoms with Crippen molar-refractivity contribution in [2.45, 2.75) is 51.7 Å². The Morgan fingerprint density at radius 2 is 1.31 bits per heavy atom. The number of allylic oxidation sites excluding steroid dienone is 2. The van der Waals surface area contributed by atoms with Gasteiger partial charge < -0.3 is 9.47 Å². The monoisotopic (exact) mass is 220 g/mol. The summed E-state index contributed by atoms with van der Waals surface area (Å²) in [5.74, 6) is 1.60. The minimum Gasteiger partial charge on any atom is -0.482 e. The SMILES string of the molecule is C=C(C)C1=C(C(=C)C)OC2CCCCC2O1. The van der Waals surface area contributed by atoms with E-state index >= 15 is 0 Å². The molecule has 0 amide bonds. The maximum Gasteiger partial charge on any atom is 0.164 e. The van der Waals surface area contributed by atoms with Crippen molar-refractivity contribution in [3.63, 3.8) is 0 Å². The van der Waals surface area contributed by atoms with Gasteiger partial charge in [-0.25, -0.2) is 0 Å². The van der Waals surface area contributed by atoms with Crippen LogP contribution in [0.15, 0.2) is 35.8 Å². The molecule has 16 heavy (non-hydrogen) atoms. The summed E-state index contributed by atoms with van der Waals surface area (Å²) < 4.78 is 12.0. The number of hydrogen-bond acceptors (Lipinski definition) is 2. The van der Waals surface area contributed by atoms with E-state index in [4.69, 9.17) is 9.47 Å². The molecular weight excluding hydrogens is 200 g/mol. The summed E-state index contributed by atoms with van der Waals surface area (Å²) in [6, 6.07) is 0. The first-order valence-corrected chi connectivity index (χ1v) is 5.99. The molecule has 0 spiro atoms. The van der Waals surface area contributed by atoms with E-state index in [0.29, 0.717) is 0 Å². The van der Waals surface area contributed by atoms with Crippen molar-refractivity contribution in [2.24, 2.45) is 0 Å². The first kappa shape index (κ1) is 11.3. The lowest BCUT2D eigenvalue weighted by atomic mass is 9.93. The summed E-state index contributed by atoms with van der Waals surface area (Å²) in [5, 5.41) is 0. The van der Waals surface area contributed by atoms with Crippen molar-refractivity contribution in [1.82, 2.24) is 0 Å². The van der Waals surface area contributed by atoms with Gasteiger partial charge in [0.25, 0.3) is 0 Å². The second-order valence-electron chi connectivity index (χ2n) is 4.82. The lowest BCUT2D eigenvalue weighted by molar-refractivity contribution is -0.0768. The fourth-order valence-electron chi connectivity index (χ4n) is 2.33. The van der Waals surface area contributed by atoms with Gasteiger partial charge in [-0.2, -0.15) is 0 Å². The third kappa shape index (κ3) is 2.01. The Labute approximate surface area is 97.6 Å². The maximum atomic E-state index is 6.02. The van der Waals surface area contributed by atoms with Gasteiger partial charge in [0, 0.05) is 0 Å². The fourth-order valence-corrected chi connectivity index (χ4v) is 2.33. The summed E-state index contributed by atoms with van der Waals surface area (Å²) in [6.07, 6.45) is 5.06. The normalized spacial score (nSPS) is 28.9. The van der Waals surface area contributed by atoms with Crippen LogP contribution in [0.4, 0.5) is 0 Å². The van der Waals surface area contributed by atoms with Gasteiger partial charge in [0.05, 0.1) is 0 Å². The molecular formula is C14H20O2. The van der Waals surface area contributed by atoms with Gasteiger partial charge >= 0.3 is 0 Å². The molecule has 2 atom stereocenters. The predicted molar refractivity (Wildman–Crippen MR) is 64.9 cm³/mol. The van der Waals surface area contributed by atoms with Crippen LogP contribution in [0.3, 0.4) is 0 Å². The molecule has 1 saturated carbocycles. The summed E-state index contributed by atoms with van der Waals surface area (Å²) in [5.41, 5.74) is 1.84. The molecule has 2 rings (SSSR count). The number of rotatable bonds is 2. The topological polar surface area (TPSA) is 18.5 Å². The Morgan fingerprint density at radius 1 is 0.938 bits per heavy atom. The number of fused-ring (bicyclic) bond motifs is 1. The largest absolute Gasteiger partial charge is 0.482 e. The first-order chi connectivity index (χ1) is 7.59. The Balaban J connectivity index is 2.28. The number of ether oxygens (including phenoxy) is 2. The molecule has 1 aliphatic carbocycles. The molecule has 0 aromatic heterocycles. The van der Waals surface area contributed by atoms with E-state index in [2.05, 4.69) is 13.2 Å². The van der Waals surface area contributed by atoms with Crippen molar-refractivity contribution in [2.75, 3.05) is 0 Å². The van der Waals surface area contributed by atoms with Gasteiger partial charge in [-0.05, 0) is 50.7 Å². The Morgan fingerprint density at radius 3 is 1.62 bits per heavy atom. The molecule has 0 bridgehead atoms. The zero-order valence-corrected chi connectivity index (χ0v) is 10.2. The zero-order chi connectivity index (χ0) is 11.7. The fraction of sp³-hybridized carbons (Fsp3) is 0.571. The summed E-state index contributed by atoms with van der Waals surface area (Å²) in [7, 11) is 0. The smallest absolute Gasteiger partial charge is 0.164 e.